The number of aromatic nitrogens is 4. The fourth-order valence-corrected chi connectivity index (χ4v) is 3.25. The highest BCUT2D eigenvalue weighted by Gasteiger charge is 2.14. The molecule has 0 unspecified atom stereocenters. The van der Waals surface area contributed by atoms with Crippen molar-refractivity contribution < 1.29 is 4.79 Å². The molecule has 5 nitrogen and oxygen atoms in total. The van der Waals surface area contributed by atoms with Crippen LogP contribution in [0.25, 0.3) is 5.69 Å². The molecule has 0 radical (unpaired) electrons. The number of rotatable bonds is 5. The second kappa shape index (κ2) is 7.15. The van der Waals surface area contributed by atoms with Gasteiger partial charge in [-0.15, -0.1) is 5.10 Å². The van der Waals surface area contributed by atoms with E-state index >= 15 is 0 Å². The molecule has 2 aromatic carbocycles. The van der Waals surface area contributed by atoms with Gasteiger partial charge >= 0.3 is 0 Å². The molecule has 0 aliphatic heterocycles. The van der Waals surface area contributed by atoms with E-state index in [0.717, 1.165) is 22.4 Å². The van der Waals surface area contributed by atoms with Gasteiger partial charge < -0.3 is 0 Å². The van der Waals surface area contributed by atoms with Gasteiger partial charge in [0, 0.05) is 10.6 Å². The summed E-state index contributed by atoms with van der Waals surface area (Å²) in [5, 5.41) is 12.9. The fourth-order valence-electron chi connectivity index (χ4n) is 2.35. The van der Waals surface area contributed by atoms with Crippen molar-refractivity contribution in [2.45, 2.75) is 19.0 Å². The Hall–Kier alpha value is -2.18. The van der Waals surface area contributed by atoms with Crippen molar-refractivity contribution in [2.75, 3.05) is 5.75 Å². The number of thioether (sulfide) groups is 1. The molecule has 0 aliphatic carbocycles. The number of hydrogen-bond acceptors (Lipinski definition) is 5. The van der Waals surface area contributed by atoms with Gasteiger partial charge in [0.05, 0.1) is 11.4 Å². The van der Waals surface area contributed by atoms with Crippen molar-refractivity contribution in [1.82, 2.24) is 20.2 Å². The number of ketones is 1. The molecule has 24 heavy (non-hydrogen) atoms. The van der Waals surface area contributed by atoms with E-state index in [1.54, 1.807) is 16.8 Å². The van der Waals surface area contributed by atoms with E-state index in [-0.39, 0.29) is 11.5 Å². The predicted octanol–water partition coefficient (Wildman–Crippen LogP) is 3.91. The normalized spacial score (nSPS) is 10.8. The average Bonchev–Trinajstić information content (AvgIpc) is 3.02. The number of halogens is 1. The van der Waals surface area contributed by atoms with Gasteiger partial charge in [0.25, 0.3) is 0 Å². The Kier molecular flexibility index (Phi) is 4.97. The lowest BCUT2D eigenvalue weighted by Gasteiger charge is -2.06. The third-order valence-electron chi connectivity index (χ3n) is 3.53. The summed E-state index contributed by atoms with van der Waals surface area (Å²) in [5.41, 5.74) is 3.66. The number of tetrazole rings is 1. The number of nitrogens with zero attached hydrogens (tertiary/aromatic N) is 4. The lowest BCUT2D eigenvalue weighted by molar-refractivity contribution is 0.102. The lowest BCUT2D eigenvalue weighted by atomic mass is 10.0. The summed E-state index contributed by atoms with van der Waals surface area (Å²) in [6.07, 6.45) is 0. The number of hydrogen-bond donors (Lipinski definition) is 0. The highest BCUT2D eigenvalue weighted by molar-refractivity contribution is 7.99. The van der Waals surface area contributed by atoms with Crippen LogP contribution < -0.4 is 0 Å². The van der Waals surface area contributed by atoms with Crippen LogP contribution in [0, 0.1) is 13.8 Å². The number of benzene rings is 2. The van der Waals surface area contributed by atoms with E-state index in [1.165, 1.54) is 11.8 Å². The number of carbonyl (C=O) groups excluding carboxylic acids is 1. The van der Waals surface area contributed by atoms with E-state index in [1.807, 2.05) is 44.2 Å². The molecule has 3 rings (SSSR count). The van der Waals surface area contributed by atoms with Crippen LogP contribution >= 0.6 is 23.4 Å². The molecule has 0 amide bonds. The van der Waals surface area contributed by atoms with Gasteiger partial charge in [0.1, 0.15) is 0 Å². The minimum absolute atomic E-state index is 0.0585. The van der Waals surface area contributed by atoms with E-state index in [9.17, 15) is 4.79 Å². The Balaban J connectivity index is 1.75. The van der Waals surface area contributed by atoms with Crippen LogP contribution in [0.15, 0.2) is 47.6 Å². The zero-order valence-corrected chi connectivity index (χ0v) is 14.8. The maximum atomic E-state index is 12.4. The van der Waals surface area contributed by atoms with Crippen LogP contribution in [-0.4, -0.2) is 31.7 Å². The molecule has 0 spiro atoms. The first-order valence-electron chi connectivity index (χ1n) is 7.32. The van der Waals surface area contributed by atoms with Gasteiger partial charge in [-0.05, 0) is 54.1 Å². The van der Waals surface area contributed by atoms with Crippen LogP contribution in [0.4, 0.5) is 0 Å². The minimum Gasteiger partial charge on any atom is -0.293 e. The maximum absolute atomic E-state index is 12.4. The standard InChI is InChI=1S/C17H15ClN4OS/c1-11-3-8-15(12(2)9-11)16(23)10-24-17-19-20-21-22(17)14-6-4-13(18)5-7-14/h3-9H,10H2,1-2H3. The first-order chi connectivity index (χ1) is 11.5. The largest absolute Gasteiger partial charge is 0.293 e. The summed E-state index contributed by atoms with van der Waals surface area (Å²) in [7, 11) is 0. The quantitative estimate of drug-likeness (QED) is 0.511. The monoisotopic (exact) mass is 358 g/mol. The number of Topliss-reactive ketones (excluding diaryl/α,β-unsaturated/α-hetero) is 1. The summed E-state index contributed by atoms with van der Waals surface area (Å²) in [6, 6.07) is 13.0. The van der Waals surface area contributed by atoms with Crippen molar-refractivity contribution in [3.63, 3.8) is 0 Å². The Morgan fingerprint density at radius 1 is 1.17 bits per heavy atom. The van der Waals surface area contributed by atoms with Crippen molar-refractivity contribution in [2.24, 2.45) is 0 Å². The zero-order valence-electron chi connectivity index (χ0n) is 13.2. The number of aryl methyl sites for hydroxylation is 2. The maximum Gasteiger partial charge on any atom is 0.214 e. The van der Waals surface area contributed by atoms with Gasteiger partial charge in [-0.25, -0.2) is 0 Å². The molecule has 0 bridgehead atoms. The molecular weight excluding hydrogens is 344 g/mol. The molecule has 0 atom stereocenters. The van der Waals surface area contributed by atoms with Gasteiger partial charge in [-0.3, -0.25) is 4.79 Å². The second-order valence-corrected chi connectivity index (χ2v) is 6.76. The van der Waals surface area contributed by atoms with Crippen LogP contribution in [-0.2, 0) is 0 Å². The highest BCUT2D eigenvalue weighted by Crippen LogP contribution is 2.21. The van der Waals surface area contributed by atoms with E-state index in [0.29, 0.717) is 10.2 Å². The van der Waals surface area contributed by atoms with Crippen molar-refractivity contribution in [3.05, 3.63) is 64.2 Å². The third kappa shape index (κ3) is 3.66. The van der Waals surface area contributed by atoms with Crippen LogP contribution in [0.1, 0.15) is 21.5 Å². The SMILES string of the molecule is Cc1ccc(C(=O)CSc2nnnn2-c2ccc(Cl)cc2)c(C)c1. The fraction of sp³-hybridized carbons (Fsp3) is 0.176. The Bertz CT molecular complexity index is 877. The third-order valence-corrected chi connectivity index (χ3v) is 4.70. The molecular formula is C17H15ClN4OS. The van der Waals surface area contributed by atoms with Crippen LogP contribution in [0.2, 0.25) is 5.02 Å². The van der Waals surface area contributed by atoms with Crippen molar-refractivity contribution >= 4 is 29.1 Å². The summed E-state index contributed by atoms with van der Waals surface area (Å²) in [4.78, 5) is 12.4. The Morgan fingerprint density at radius 2 is 1.92 bits per heavy atom. The summed E-state index contributed by atoms with van der Waals surface area (Å²) in [6.45, 7) is 3.96. The van der Waals surface area contributed by atoms with Crippen molar-refractivity contribution in [1.29, 1.82) is 0 Å². The Morgan fingerprint density at radius 3 is 2.62 bits per heavy atom. The second-order valence-electron chi connectivity index (χ2n) is 5.38. The molecule has 0 saturated heterocycles. The molecule has 1 heterocycles. The average molecular weight is 359 g/mol. The molecule has 0 aliphatic rings. The molecule has 122 valence electrons. The van der Waals surface area contributed by atoms with E-state index in [2.05, 4.69) is 15.5 Å². The minimum atomic E-state index is 0.0585. The zero-order chi connectivity index (χ0) is 17.1. The lowest BCUT2D eigenvalue weighted by Crippen LogP contribution is -2.06. The summed E-state index contributed by atoms with van der Waals surface area (Å²) < 4.78 is 1.59. The topological polar surface area (TPSA) is 60.7 Å². The van der Waals surface area contributed by atoms with Crippen LogP contribution in [0.3, 0.4) is 0 Å². The molecule has 0 fully saturated rings. The molecule has 7 heteroatoms. The molecule has 1 aromatic heterocycles. The smallest absolute Gasteiger partial charge is 0.214 e. The van der Waals surface area contributed by atoms with Gasteiger partial charge in [-0.1, -0.05) is 47.1 Å². The first-order valence-corrected chi connectivity index (χ1v) is 8.68. The Labute approximate surface area is 149 Å². The highest BCUT2D eigenvalue weighted by atomic mass is 35.5. The van der Waals surface area contributed by atoms with Gasteiger partial charge in [0.15, 0.2) is 5.78 Å². The van der Waals surface area contributed by atoms with E-state index in [4.69, 9.17) is 11.6 Å². The van der Waals surface area contributed by atoms with Crippen molar-refractivity contribution in [3.8, 4) is 5.69 Å². The van der Waals surface area contributed by atoms with Crippen LogP contribution in [0.5, 0.6) is 0 Å². The predicted molar refractivity (Wildman–Crippen MR) is 95.1 cm³/mol. The molecule has 0 N–H and O–H groups in total. The van der Waals surface area contributed by atoms with Gasteiger partial charge in [0.2, 0.25) is 5.16 Å². The molecule has 3 aromatic rings. The van der Waals surface area contributed by atoms with E-state index < -0.39 is 0 Å². The molecule has 0 saturated carbocycles. The first kappa shape index (κ1) is 16.7. The summed E-state index contributed by atoms with van der Waals surface area (Å²) in [5.74, 6) is 0.334. The van der Waals surface area contributed by atoms with Gasteiger partial charge in [-0.2, -0.15) is 4.68 Å². The number of carbonyl (C=O) groups is 1. The summed E-state index contributed by atoms with van der Waals surface area (Å²) >= 11 is 7.21.